The van der Waals surface area contributed by atoms with Crippen molar-refractivity contribution in [1.29, 1.82) is 0 Å². The van der Waals surface area contributed by atoms with Crippen LogP contribution in [0.4, 0.5) is 0 Å². The Labute approximate surface area is 224 Å². The molecule has 0 saturated carbocycles. The van der Waals surface area contributed by atoms with Gasteiger partial charge in [-0.25, -0.2) is 10.9 Å². The van der Waals surface area contributed by atoms with Crippen LogP contribution in [0.2, 0.25) is 0 Å². The highest BCUT2D eigenvalue weighted by atomic mass is 79.9. The lowest BCUT2D eigenvalue weighted by Crippen LogP contribution is -2.32. The molecule has 0 aliphatic carbocycles. The molecule has 0 amide bonds. The standard InChI is InChI=1S/C25H23Br3N6/c1-16(19-4-10-22(26)11-5-19)29-32-25(33-30-17(2)20-6-12-23(27)13-7-20)34-31-18(3)21-8-14-24(28)15-9-21/h4-15H,1-3H3,(H2,32,33,34)/b29-16+,30-17+,31-18+. The minimum Gasteiger partial charge on any atom is -0.244 e. The number of hydrogen-bond acceptors (Lipinski definition) is 4. The Kier molecular flexibility index (Phi) is 9.74. The molecule has 0 heterocycles. The lowest BCUT2D eigenvalue weighted by Gasteiger charge is -2.07. The molecule has 0 aliphatic rings. The van der Waals surface area contributed by atoms with Crippen molar-refractivity contribution in [2.24, 2.45) is 20.4 Å². The fourth-order valence-corrected chi connectivity index (χ4v) is 3.52. The molecule has 0 spiro atoms. The van der Waals surface area contributed by atoms with Gasteiger partial charge < -0.3 is 0 Å². The van der Waals surface area contributed by atoms with E-state index in [2.05, 4.69) is 79.0 Å². The summed E-state index contributed by atoms with van der Waals surface area (Å²) < 4.78 is 3.03. The summed E-state index contributed by atoms with van der Waals surface area (Å²) in [5, 5.41) is 17.6. The van der Waals surface area contributed by atoms with Crippen molar-refractivity contribution in [2.75, 3.05) is 0 Å². The smallest absolute Gasteiger partial charge is 0.244 e. The average molecular weight is 647 g/mol. The maximum Gasteiger partial charge on any atom is 0.257 e. The van der Waals surface area contributed by atoms with E-state index in [9.17, 15) is 0 Å². The van der Waals surface area contributed by atoms with Gasteiger partial charge in [-0.15, -0.1) is 5.10 Å². The zero-order valence-electron chi connectivity index (χ0n) is 18.9. The summed E-state index contributed by atoms with van der Waals surface area (Å²) in [6.45, 7) is 5.73. The van der Waals surface area contributed by atoms with Gasteiger partial charge in [0.05, 0.1) is 17.1 Å². The van der Waals surface area contributed by atoms with E-state index >= 15 is 0 Å². The fraction of sp³-hybridized carbons (Fsp3) is 0.120. The van der Waals surface area contributed by atoms with E-state index in [1.54, 1.807) is 0 Å². The van der Waals surface area contributed by atoms with Crippen LogP contribution in [0.25, 0.3) is 0 Å². The number of halogens is 3. The van der Waals surface area contributed by atoms with Crippen LogP contribution < -0.4 is 10.9 Å². The van der Waals surface area contributed by atoms with E-state index in [0.717, 1.165) is 47.2 Å². The number of benzene rings is 3. The van der Waals surface area contributed by atoms with Gasteiger partial charge in [-0.2, -0.15) is 15.3 Å². The first kappa shape index (κ1) is 26.0. The van der Waals surface area contributed by atoms with Crippen LogP contribution in [0, 0.1) is 0 Å². The van der Waals surface area contributed by atoms with Crippen LogP contribution in [0.3, 0.4) is 0 Å². The molecule has 0 radical (unpaired) electrons. The van der Waals surface area contributed by atoms with Gasteiger partial charge in [-0.05, 0) is 73.9 Å². The molecule has 0 aromatic heterocycles. The number of guanidine groups is 1. The van der Waals surface area contributed by atoms with Crippen LogP contribution in [0.1, 0.15) is 37.5 Å². The number of rotatable bonds is 6. The second-order valence-corrected chi connectivity index (χ2v) is 10.0. The fourth-order valence-electron chi connectivity index (χ4n) is 2.73. The van der Waals surface area contributed by atoms with E-state index in [1.807, 2.05) is 93.6 Å². The number of nitrogens with one attached hydrogen (secondary N) is 2. The molecule has 6 nitrogen and oxygen atoms in total. The summed E-state index contributed by atoms with van der Waals surface area (Å²) in [5.41, 5.74) is 11.2. The third-order valence-electron chi connectivity index (χ3n) is 4.75. The highest BCUT2D eigenvalue weighted by Crippen LogP contribution is 2.13. The van der Waals surface area contributed by atoms with Crippen LogP contribution in [0.15, 0.2) is 107 Å². The van der Waals surface area contributed by atoms with Gasteiger partial charge in [-0.3, -0.25) is 0 Å². The highest BCUT2D eigenvalue weighted by molar-refractivity contribution is 9.11. The predicted molar refractivity (Wildman–Crippen MR) is 153 cm³/mol. The van der Waals surface area contributed by atoms with E-state index in [1.165, 1.54) is 0 Å². The second kappa shape index (κ2) is 12.7. The van der Waals surface area contributed by atoms with Gasteiger partial charge in [-0.1, -0.05) is 84.2 Å². The van der Waals surface area contributed by atoms with Crippen LogP contribution in [-0.4, -0.2) is 23.1 Å². The van der Waals surface area contributed by atoms with Crippen molar-refractivity contribution in [3.63, 3.8) is 0 Å². The first-order valence-electron chi connectivity index (χ1n) is 10.3. The lowest BCUT2D eigenvalue weighted by atomic mass is 10.1. The topological polar surface area (TPSA) is 73.5 Å². The van der Waals surface area contributed by atoms with Crippen LogP contribution in [-0.2, 0) is 0 Å². The average Bonchev–Trinajstić information content (AvgIpc) is 2.84. The molecule has 3 rings (SSSR count). The Bertz CT molecular complexity index is 1160. The molecule has 9 heteroatoms. The van der Waals surface area contributed by atoms with E-state index in [-0.39, 0.29) is 0 Å². The molecule has 34 heavy (non-hydrogen) atoms. The molecule has 0 bridgehead atoms. The Morgan fingerprint density at radius 2 is 0.824 bits per heavy atom. The predicted octanol–water partition coefficient (Wildman–Crippen LogP) is 7.08. The molecule has 3 aromatic carbocycles. The minimum absolute atomic E-state index is 0.296. The molecule has 0 unspecified atom stereocenters. The first-order chi connectivity index (χ1) is 16.3. The normalized spacial score (nSPS) is 12.4. The van der Waals surface area contributed by atoms with Crippen LogP contribution >= 0.6 is 47.8 Å². The zero-order chi connectivity index (χ0) is 24.5. The molecule has 0 fully saturated rings. The van der Waals surface area contributed by atoms with Gasteiger partial charge in [0.2, 0.25) is 0 Å². The molecular weight excluding hydrogens is 624 g/mol. The lowest BCUT2D eigenvalue weighted by molar-refractivity contribution is 0.881. The third-order valence-corrected chi connectivity index (χ3v) is 6.33. The minimum atomic E-state index is 0.296. The molecule has 2 N–H and O–H groups in total. The molecular formula is C25H23Br3N6. The molecule has 174 valence electrons. The third kappa shape index (κ3) is 8.00. The number of hydrazone groups is 2. The SMILES string of the molecule is C/C(=N\N=C(N/N=C(\C)c1ccc(Br)cc1)N/N=C(\C)c1ccc(Br)cc1)c1ccc(Br)cc1. The maximum absolute atomic E-state index is 4.46. The van der Waals surface area contributed by atoms with E-state index in [4.69, 9.17) is 0 Å². The van der Waals surface area contributed by atoms with Crippen molar-refractivity contribution in [2.45, 2.75) is 20.8 Å². The summed E-state index contributed by atoms with van der Waals surface area (Å²) >= 11 is 10.4. The van der Waals surface area contributed by atoms with Crippen molar-refractivity contribution >= 4 is 70.9 Å². The first-order valence-corrected chi connectivity index (χ1v) is 12.7. The molecule has 0 atom stereocenters. The van der Waals surface area contributed by atoms with Crippen molar-refractivity contribution < 1.29 is 0 Å². The second-order valence-electron chi connectivity index (χ2n) is 7.27. The maximum atomic E-state index is 4.46. The Morgan fingerprint density at radius 1 is 0.500 bits per heavy atom. The Hall–Kier alpha value is -2.62. The molecule has 0 saturated heterocycles. The van der Waals surface area contributed by atoms with Gasteiger partial charge in [0.15, 0.2) is 0 Å². The summed E-state index contributed by atoms with van der Waals surface area (Å²) in [6.07, 6.45) is 0. The van der Waals surface area contributed by atoms with Crippen molar-refractivity contribution in [3.05, 3.63) is 103 Å². The molecule has 0 aliphatic heterocycles. The van der Waals surface area contributed by atoms with Gasteiger partial charge in [0.1, 0.15) is 0 Å². The summed E-state index contributed by atoms with van der Waals surface area (Å²) in [7, 11) is 0. The zero-order valence-corrected chi connectivity index (χ0v) is 23.6. The monoisotopic (exact) mass is 644 g/mol. The van der Waals surface area contributed by atoms with E-state index in [0.29, 0.717) is 5.96 Å². The Morgan fingerprint density at radius 3 is 1.18 bits per heavy atom. The van der Waals surface area contributed by atoms with Crippen molar-refractivity contribution in [1.82, 2.24) is 10.9 Å². The number of nitrogens with zero attached hydrogens (tertiary/aromatic N) is 4. The van der Waals surface area contributed by atoms with Crippen molar-refractivity contribution in [3.8, 4) is 0 Å². The number of hydrogen-bond donors (Lipinski definition) is 2. The van der Waals surface area contributed by atoms with E-state index < -0.39 is 0 Å². The van der Waals surface area contributed by atoms with Gasteiger partial charge >= 0.3 is 0 Å². The summed E-state index contributed by atoms with van der Waals surface area (Å²) in [4.78, 5) is 0. The summed E-state index contributed by atoms with van der Waals surface area (Å²) in [6, 6.07) is 23.7. The highest BCUT2D eigenvalue weighted by Gasteiger charge is 2.03. The largest absolute Gasteiger partial charge is 0.257 e. The summed E-state index contributed by atoms with van der Waals surface area (Å²) in [5.74, 6) is 0.296. The molecule has 3 aromatic rings. The Balaban J connectivity index is 1.84. The van der Waals surface area contributed by atoms with Crippen LogP contribution in [0.5, 0.6) is 0 Å². The van der Waals surface area contributed by atoms with Gasteiger partial charge in [0, 0.05) is 13.4 Å². The van der Waals surface area contributed by atoms with Gasteiger partial charge in [0.25, 0.3) is 5.96 Å². The quantitative estimate of drug-likeness (QED) is 0.171.